The summed E-state index contributed by atoms with van der Waals surface area (Å²) in [6.07, 6.45) is 6.92. The van der Waals surface area contributed by atoms with E-state index in [-0.39, 0.29) is 0 Å². The summed E-state index contributed by atoms with van der Waals surface area (Å²) in [4.78, 5) is 1.48. The Morgan fingerprint density at radius 3 is 2.85 bits per heavy atom. The van der Waals surface area contributed by atoms with Crippen molar-refractivity contribution in [2.24, 2.45) is 0 Å². The van der Waals surface area contributed by atoms with E-state index in [1.165, 1.54) is 23.3 Å². The number of thiophene rings is 1. The zero-order valence-electron chi connectivity index (χ0n) is 7.92. The van der Waals surface area contributed by atoms with E-state index in [1.54, 1.807) is 0 Å². The number of hydrogen-bond donors (Lipinski definition) is 1. The molecule has 2 rings (SSSR count). The Balaban J connectivity index is 1.82. The van der Waals surface area contributed by atoms with Crippen LogP contribution in [-0.4, -0.2) is 6.04 Å². The minimum absolute atomic E-state index is 0.682. The molecule has 1 aromatic heterocycles. The lowest BCUT2D eigenvalue weighted by Crippen LogP contribution is -2.25. The van der Waals surface area contributed by atoms with Crippen molar-refractivity contribution in [3.05, 3.63) is 34.0 Å². The standard InChI is InChI=1S/C11H15NS/c1-9-6-7-13-11(9)8-12-10-4-2-3-5-10/h2-3,6-7,10,12H,4-5,8H2,1H3. The summed E-state index contributed by atoms with van der Waals surface area (Å²) in [6.45, 7) is 3.22. The molecule has 1 heterocycles. The van der Waals surface area contributed by atoms with Gasteiger partial charge in [0.15, 0.2) is 0 Å². The lowest BCUT2D eigenvalue weighted by Gasteiger charge is -2.10. The highest BCUT2D eigenvalue weighted by molar-refractivity contribution is 7.10. The Morgan fingerprint density at radius 2 is 2.23 bits per heavy atom. The normalized spacial score (nSPS) is 17.0. The molecule has 1 aromatic rings. The van der Waals surface area contributed by atoms with Gasteiger partial charge in [-0.2, -0.15) is 0 Å². The van der Waals surface area contributed by atoms with E-state index in [1.807, 2.05) is 11.3 Å². The van der Waals surface area contributed by atoms with Gasteiger partial charge in [-0.15, -0.1) is 11.3 Å². The summed E-state index contributed by atoms with van der Waals surface area (Å²) in [5, 5.41) is 5.74. The van der Waals surface area contributed by atoms with Crippen LogP contribution in [0.5, 0.6) is 0 Å². The summed E-state index contributed by atoms with van der Waals surface area (Å²) in [5.74, 6) is 0. The van der Waals surface area contributed by atoms with Crippen LogP contribution in [0.25, 0.3) is 0 Å². The van der Waals surface area contributed by atoms with Crippen LogP contribution in [0.2, 0.25) is 0 Å². The van der Waals surface area contributed by atoms with Gasteiger partial charge in [0.1, 0.15) is 0 Å². The van der Waals surface area contributed by atoms with E-state index in [0.29, 0.717) is 6.04 Å². The molecule has 0 bridgehead atoms. The van der Waals surface area contributed by atoms with Crippen molar-refractivity contribution in [1.82, 2.24) is 5.32 Å². The third-order valence-corrected chi connectivity index (χ3v) is 3.55. The van der Waals surface area contributed by atoms with Crippen LogP contribution in [0.3, 0.4) is 0 Å². The maximum atomic E-state index is 3.57. The fourth-order valence-electron chi connectivity index (χ4n) is 1.61. The molecule has 13 heavy (non-hydrogen) atoms. The third-order valence-electron chi connectivity index (χ3n) is 2.53. The molecule has 0 aromatic carbocycles. The Hall–Kier alpha value is -0.600. The highest BCUT2D eigenvalue weighted by Gasteiger charge is 2.09. The van der Waals surface area contributed by atoms with E-state index >= 15 is 0 Å². The first-order valence-corrected chi connectivity index (χ1v) is 5.65. The van der Waals surface area contributed by atoms with Crippen molar-refractivity contribution in [2.45, 2.75) is 32.4 Å². The van der Waals surface area contributed by atoms with Gasteiger partial charge < -0.3 is 5.32 Å². The summed E-state index contributed by atoms with van der Waals surface area (Å²) in [6, 6.07) is 2.87. The Kier molecular flexibility index (Phi) is 2.81. The number of aryl methyl sites for hydroxylation is 1. The molecule has 0 spiro atoms. The molecule has 0 saturated heterocycles. The first kappa shape index (κ1) is 8.97. The molecular formula is C11H15NS. The number of rotatable bonds is 3. The summed E-state index contributed by atoms with van der Waals surface area (Å²) >= 11 is 1.85. The van der Waals surface area contributed by atoms with Crippen LogP contribution in [0.4, 0.5) is 0 Å². The van der Waals surface area contributed by atoms with Crippen molar-refractivity contribution >= 4 is 11.3 Å². The van der Waals surface area contributed by atoms with E-state index < -0.39 is 0 Å². The molecule has 0 saturated carbocycles. The summed E-state index contributed by atoms with van der Waals surface area (Å²) in [5.41, 5.74) is 1.42. The maximum absolute atomic E-state index is 3.57. The van der Waals surface area contributed by atoms with Crippen LogP contribution in [0.1, 0.15) is 23.3 Å². The molecule has 70 valence electrons. The average molecular weight is 193 g/mol. The number of nitrogens with one attached hydrogen (secondary N) is 1. The van der Waals surface area contributed by atoms with Gasteiger partial charge in [0.25, 0.3) is 0 Å². The zero-order valence-corrected chi connectivity index (χ0v) is 8.73. The summed E-state index contributed by atoms with van der Waals surface area (Å²) < 4.78 is 0. The van der Waals surface area contributed by atoms with Crippen LogP contribution in [-0.2, 0) is 6.54 Å². The SMILES string of the molecule is Cc1ccsc1CNC1CC=CC1. The van der Waals surface area contributed by atoms with Crippen molar-refractivity contribution in [1.29, 1.82) is 0 Å². The van der Waals surface area contributed by atoms with E-state index in [4.69, 9.17) is 0 Å². The second kappa shape index (κ2) is 4.07. The van der Waals surface area contributed by atoms with E-state index in [0.717, 1.165) is 6.54 Å². The monoisotopic (exact) mass is 193 g/mol. The van der Waals surface area contributed by atoms with Gasteiger partial charge in [0, 0.05) is 17.5 Å². The molecule has 2 heteroatoms. The van der Waals surface area contributed by atoms with Gasteiger partial charge >= 0.3 is 0 Å². The first-order chi connectivity index (χ1) is 6.36. The maximum Gasteiger partial charge on any atom is 0.0305 e. The molecule has 0 atom stereocenters. The highest BCUT2D eigenvalue weighted by atomic mass is 32.1. The van der Waals surface area contributed by atoms with Gasteiger partial charge in [-0.05, 0) is 36.8 Å². The van der Waals surface area contributed by atoms with Crippen molar-refractivity contribution in [3.8, 4) is 0 Å². The lowest BCUT2D eigenvalue weighted by atomic mass is 10.2. The molecular weight excluding hydrogens is 178 g/mol. The van der Waals surface area contributed by atoms with E-state index in [9.17, 15) is 0 Å². The minimum atomic E-state index is 0.682. The van der Waals surface area contributed by atoms with Crippen LogP contribution in [0, 0.1) is 6.92 Å². The molecule has 0 fully saturated rings. The third kappa shape index (κ3) is 2.20. The van der Waals surface area contributed by atoms with Gasteiger partial charge in [0.05, 0.1) is 0 Å². The largest absolute Gasteiger partial charge is 0.308 e. The second-order valence-electron chi connectivity index (χ2n) is 3.55. The smallest absolute Gasteiger partial charge is 0.0305 e. The minimum Gasteiger partial charge on any atom is -0.308 e. The molecule has 0 aliphatic heterocycles. The molecule has 1 aliphatic rings. The van der Waals surface area contributed by atoms with E-state index in [2.05, 4.69) is 35.8 Å². The van der Waals surface area contributed by atoms with Crippen molar-refractivity contribution in [3.63, 3.8) is 0 Å². The van der Waals surface area contributed by atoms with Crippen LogP contribution in [0.15, 0.2) is 23.6 Å². The average Bonchev–Trinajstić information content (AvgIpc) is 2.72. The Labute approximate surface area is 83.5 Å². The zero-order chi connectivity index (χ0) is 9.10. The van der Waals surface area contributed by atoms with Gasteiger partial charge in [-0.3, -0.25) is 0 Å². The topological polar surface area (TPSA) is 12.0 Å². The van der Waals surface area contributed by atoms with Gasteiger partial charge in [0.2, 0.25) is 0 Å². The fraction of sp³-hybridized carbons (Fsp3) is 0.455. The van der Waals surface area contributed by atoms with Crippen LogP contribution < -0.4 is 5.32 Å². The van der Waals surface area contributed by atoms with Gasteiger partial charge in [-0.25, -0.2) is 0 Å². The van der Waals surface area contributed by atoms with Gasteiger partial charge in [-0.1, -0.05) is 12.2 Å². The predicted octanol–water partition coefficient (Wildman–Crippen LogP) is 2.86. The molecule has 1 nitrogen and oxygen atoms in total. The Morgan fingerprint density at radius 1 is 1.46 bits per heavy atom. The quantitative estimate of drug-likeness (QED) is 0.728. The first-order valence-electron chi connectivity index (χ1n) is 4.77. The lowest BCUT2D eigenvalue weighted by molar-refractivity contribution is 0.541. The molecule has 0 radical (unpaired) electrons. The Bertz CT molecular complexity index is 293. The molecule has 0 amide bonds. The number of hydrogen-bond acceptors (Lipinski definition) is 2. The van der Waals surface area contributed by atoms with Crippen molar-refractivity contribution < 1.29 is 0 Å². The molecule has 1 N–H and O–H groups in total. The molecule has 0 unspecified atom stereocenters. The van der Waals surface area contributed by atoms with Crippen molar-refractivity contribution in [2.75, 3.05) is 0 Å². The second-order valence-corrected chi connectivity index (χ2v) is 4.55. The fourth-order valence-corrected chi connectivity index (χ4v) is 2.46. The summed E-state index contributed by atoms with van der Waals surface area (Å²) in [7, 11) is 0. The predicted molar refractivity (Wildman–Crippen MR) is 58.1 cm³/mol. The van der Waals surface area contributed by atoms with Crippen LogP contribution >= 0.6 is 11.3 Å². The highest BCUT2D eigenvalue weighted by Crippen LogP contribution is 2.16. The molecule has 1 aliphatic carbocycles.